The van der Waals surface area contributed by atoms with Crippen molar-refractivity contribution in [3.8, 4) is 0 Å². The molecule has 2 N–H and O–H groups in total. The number of alkyl halides is 1. The lowest BCUT2D eigenvalue weighted by Crippen LogP contribution is -2.28. The van der Waals surface area contributed by atoms with Crippen molar-refractivity contribution >= 4 is 22.6 Å². The van der Waals surface area contributed by atoms with Gasteiger partial charge in [0.1, 0.15) is 0 Å². The van der Waals surface area contributed by atoms with Crippen LogP contribution in [-0.2, 0) is 4.84 Å². The molecule has 1 aliphatic carbocycles. The molecule has 0 radical (unpaired) electrons. The molecule has 66 valence electrons. The third-order valence-electron chi connectivity index (χ3n) is 1.85. The molecule has 1 aliphatic rings. The van der Waals surface area contributed by atoms with Crippen LogP contribution in [0.2, 0.25) is 0 Å². The number of hydrogen-bond donors (Lipinski definition) is 2. The third-order valence-corrected chi connectivity index (χ3v) is 3.09. The first-order chi connectivity index (χ1) is 5.18. The largest absolute Gasteiger partial charge is 0.266 e. The van der Waals surface area contributed by atoms with Gasteiger partial charge >= 0.3 is 0 Å². The monoisotopic (exact) mass is 273 g/mol. The van der Waals surface area contributed by atoms with Crippen molar-refractivity contribution < 1.29 is 15.3 Å². The summed E-state index contributed by atoms with van der Waals surface area (Å²) in [6.45, 7) is 0. The Bertz CT molecular complexity index is 114. The second-order valence-electron chi connectivity index (χ2n) is 2.73. The summed E-state index contributed by atoms with van der Waals surface area (Å²) in [5.41, 5.74) is 0. The van der Waals surface area contributed by atoms with Gasteiger partial charge in [-0.15, -0.1) is 0 Å². The molecule has 1 saturated carbocycles. The summed E-state index contributed by atoms with van der Waals surface area (Å²) >= 11 is 2.41. The van der Waals surface area contributed by atoms with Gasteiger partial charge in [-0.3, -0.25) is 10.4 Å². The maximum Gasteiger partial charge on any atom is 0.0845 e. The van der Waals surface area contributed by atoms with E-state index >= 15 is 0 Å². The van der Waals surface area contributed by atoms with E-state index in [-0.39, 0.29) is 11.5 Å². The lowest BCUT2D eigenvalue weighted by atomic mass is 9.98. The van der Waals surface area contributed by atoms with Crippen molar-refractivity contribution in [2.24, 2.45) is 0 Å². The molecule has 11 heavy (non-hydrogen) atoms. The summed E-state index contributed by atoms with van der Waals surface area (Å²) in [6, 6.07) is 0. The molecule has 0 heterocycles. The van der Waals surface area contributed by atoms with Gasteiger partial charge in [-0.1, -0.05) is 22.6 Å². The smallest absolute Gasteiger partial charge is 0.0845 e. The topological polar surface area (TPSA) is 52.9 Å². The molecule has 0 saturated heterocycles. The van der Waals surface area contributed by atoms with Crippen molar-refractivity contribution in [1.82, 2.24) is 5.39 Å². The van der Waals surface area contributed by atoms with E-state index < -0.39 is 0 Å². The SMILES string of the molecule is ON(O)OC1CCC(I)CC1. The predicted molar refractivity (Wildman–Crippen MR) is 46.6 cm³/mol. The van der Waals surface area contributed by atoms with Crippen LogP contribution in [0.4, 0.5) is 0 Å². The first-order valence-corrected chi connectivity index (χ1v) is 4.92. The molecule has 0 aliphatic heterocycles. The van der Waals surface area contributed by atoms with Crippen molar-refractivity contribution in [3.05, 3.63) is 0 Å². The van der Waals surface area contributed by atoms with Gasteiger partial charge in [0, 0.05) is 3.92 Å². The normalized spacial score (nSPS) is 32.7. The fraction of sp³-hybridized carbons (Fsp3) is 1.00. The van der Waals surface area contributed by atoms with E-state index in [4.69, 9.17) is 10.4 Å². The first kappa shape index (κ1) is 9.66. The molecule has 0 aromatic rings. The Kier molecular flexibility index (Phi) is 4.00. The summed E-state index contributed by atoms with van der Waals surface area (Å²) in [6.07, 6.45) is 3.99. The molecule has 1 fully saturated rings. The van der Waals surface area contributed by atoms with E-state index in [2.05, 4.69) is 27.4 Å². The lowest BCUT2D eigenvalue weighted by molar-refractivity contribution is -0.506. The molecule has 0 bridgehead atoms. The minimum atomic E-state index is -0.182. The summed E-state index contributed by atoms with van der Waals surface area (Å²) in [7, 11) is 0. The highest BCUT2D eigenvalue weighted by atomic mass is 127. The van der Waals surface area contributed by atoms with E-state index in [0.717, 1.165) is 29.6 Å². The molecule has 0 spiro atoms. The average Bonchev–Trinajstić information content (AvgIpc) is 1.93. The number of halogens is 1. The van der Waals surface area contributed by atoms with Crippen LogP contribution in [0, 0.1) is 0 Å². The van der Waals surface area contributed by atoms with Crippen LogP contribution in [0.25, 0.3) is 0 Å². The summed E-state index contributed by atoms with van der Waals surface area (Å²) in [5, 5.41) is 16.5. The molecule has 5 heteroatoms. The van der Waals surface area contributed by atoms with Crippen LogP contribution < -0.4 is 0 Å². The number of rotatable bonds is 2. The number of nitrogens with zero attached hydrogens (tertiary/aromatic N) is 1. The Balaban J connectivity index is 2.17. The first-order valence-electron chi connectivity index (χ1n) is 3.67. The van der Waals surface area contributed by atoms with Crippen LogP contribution >= 0.6 is 22.6 Å². The zero-order chi connectivity index (χ0) is 8.27. The lowest BCUT2D eigenvalue weighted by Gasteiger charge is -2.25. The van der Waals surface area contributed by atoms with Crippen LogP contribution in [0.3, 0.4) is 0 Å². The van der Waals surface area contributed by atoms with E-state index in [1.165, 1.54) is 0 Å². The summed E-state index contributed by atoms with van der Waals surface area (Å²) in [4.78, 5) is 4.68. The highest BCUT2D eigenvalue weighted by Gasteiger charge is 2.21. The van der Waals surface area contributed by atoms with Gasteiger partial charge in [0.05, 0.1) is 11.5 Å². The Labute approximate surface area is 79.1 Å². The molecular formula is C6H12INO3. The minimum Gasteiger partial charge on any atom is -0.266 e. The highest BCUT2D eigenvalue weighted by Crippen LogP contribution is 2.26. The standard InChI is InChI=1S/C6H12INO3/c7-5-1-3-6(4-2-5)11-8(9)10/h5-6,9-10H,1-4H2. The molecule has 4 nitrogen and oxygen atoms in total. The summed E-state index contributed by atoms with van der Waals surface area (Å²) in [5.74, 6) is 0. The molecule has 0 aromatic heterocycles. The predicted octanol–water partition coefficient (Wildman–Crippen LogP) is 1.74. The Hall–Kier alpha value is 0.570. The molecule has 0 aromatic carbocycles. The average molecular weight is 273 g/mol. The summed E-state index contributed by atoms with van der Waals surface area (Å²) < 4.78 is 0.721. The molecule has 1 rings (SSSR count). The second kappa shape index (κ2) is 4.56. The van der Waals surface area contributed by atoms with Gasteiger partial charge in [-0.2, -0.15) is 0 Å². The Morgan fingerprint density at radius 1 is 1.18 bits per heavy atom. The van der Waals surface area contributed by atoms with E-state index in [9.17, 15) is 0 Å². The third kappa shape index (κ3) is 3.66. The van der Waals surface area contributed by atoms with Gasteiger partial charge in [0.25, 0.3) is 0 Å². The fourth-order valence-corrected chi connectivity index (χ4v) is 1.98. The van der Waals surface area contributed by atoms with Gasteiger partial charge in [0.15, 0.2) is 0 Å². The maximum atomic E-state index is 8.34. The molecule has 0 amide bonds. The highest BCUT2D eigenvalue weighted by molar-refractivity contribution is 14.1. The van der Waals surface area contributed by atoms with Gasteiger partial charge in [-0.05, 0) is 25.7 Å². The van der Waals surface area contributed by atoms with Crippen LogP contribution in [0.1, 0.15) is 25.7 Å². The Morgan fingerprint density at radius 3 is 2.18 bits per heavy atom. The second-order valence-corrected chi connectivity index (χ2v) is 4.49. The Morgan fingerprint density at radius 2 is 1.73 bits per heavy atom. The molecular weight excluding hydrogens is 261 g/mol. The van der Waals surface area contributed by atoms with Crippen LogP contribution in [0.5, 0.6) is 0 Å². The molecule has 0 unspecified atom stereocenters. The fourth-order valence-electron chi connectivity index (χ4n) is 1.26. The zero-order valence-corrected chi connectivity index (χ0v) is 8.27. The van der Waals surface area contributed by atoms with Crippen LogP contribution in [0.15, 0.2) is 0 Å². The van der Waals surface area contributed by atoms with Crippen molar-refractivity contribution in [1.29, 1.82) is 0 Å². The van der Waals surface area contributed by atoms with Gasteiger partial charge < -0.3 is 0 Å². The van der Waals surface area contributed by atoms with E-state index in [1.807, 2.05) is 0 Å². The maximum absolute atomic E-state index is 8.34. The number of hydrogen-bond acceptors (Lipinski definition) is 4. The van der Waals surface area contributed by atoms with Crippen molar-refractivity contribution in [3.63, 3.8) is 0 Å². The van der Waals surface area contributed by atoms with Crippen LogP contribution in [-0.4, -0.2) is 25.8 Å². The van der Waals surface area contributed by atoms with E-state index in [1.54, 1.807) is 0 Å². The van der Waals surface area contributed by atoms with Crippen molar-refractivity contribution in [2.45, 2.75) is 35.7 Å². The quantitative estimate of drug-likeness (QED) is 0.457. The van der Waals surface area contributed by atoms with Gasteiger partial charge in [-0.25, -0.2) is 4.84 Å². The zero-order valence-electron chi connectivity index (χ0n) is 6.11. The van der Waals surface area contributed by atoms with E-state index in [0.29, 0.717) is 0 Å². The van der Waals surface area contributed by atoms with Gasteiger partial charge in [0.2, 0.25) is 0 Å². The van der Waals surface area contributed by atoms with Crippen molar-refractivity contribution in [2.75, 3.05) is 0 Å². The minimum absolute atomic E-state index is 0.0176. The molecule has 0 atom stereocenters.